The van der Waals surface area contributed by atoms with Crippen LogP contribution in [0.5, 0.6) is 0 Å². The zero-order valence-corrected chi connectivity index (χ0v) is 17.3. The van der Waals surface area contributed by atoms with Gasteiger partial charge in [0.2, 0.25) is 0 Å². The van der Waals surface area contributed by atoms with Crippen LogP contribution >= 0.6 is 0 Å². The second kappa shape index (κ2) is 9.41. The first-order chi connectivity index (χ1) is 8.65. The zero-order chi connectivity index (χ0) is 13.1. The van der Waals surface area contributed by atoms with Crippen LogP contribution in [0.2, 0.25) is 0 Å². The molecule has 4 heteroatoms. The van der Waals surface area contributed by atoms with Gasteiger partial charge in [0, 0.05) is 65.4 Å². The van der Waals surface area contributed by atoms with Crippen LogP contribution < -0.4 is 0 Å². The Morgan fingerprint density at radius 1 is 1.15 bits per heavy atom. The number of benzene rings is 2. The molecule has 20 heavy (non-hydrogen) atoms. The van der Waals surface area contributed by atoms with Crippen molar-refractivity contribution >= 4 is 16.7 Å². The van der Waals surface area contributed by atoms with Gasteiger partial charge in [-0.1, -0.05) is 42.0 Å². The smallest absolute Gasteiger partial charge is 0.281 e. The van der Waals surface area contributed by atoms with E-state index in [1.165, 1.54) is 5.56 Å². The van der Waals surface area contributed by atoms with Gasteiger partial charge < -0.3 is 11.7 Å². The fourth-order valence-corrected chi connectivity index (χ4v) is 2.00. The Labute approximate surface area is 170 Å². The van der Waals surface area contributed by atoms with Gasteiger partial charge in [0.05, 0.1) is 5.92 Å². The van der Waals surface area contributed by atoms with Crippen LogP contribution in [-0.4, -0.2) is 5.97 Å². The first-order valence-electron chi connectivity index (χ1n) is 5.93. The minimum Gasteiger partial charge on any atom is -0.640 e. The maximum atomic E-state index is 11.5. The zero-order valence-electron chi connectivity index (χ0n) is 11.6. The number of fused-ring (bicyclic) bond motifs is 1. The van der Waals surface area contributed by atoms with Crippen LogP contribution in [0.15, 0.2) is 36.4 Å². The molecule has 0 aliphatic heterocycles. The van der Waals surface area contributed by atoms with Crippen LogP contribution in [0, 0.1) is 14.0 Å². The molecule has 2 nitrogen and oxygen atoms in total. The number of esters is 1. The monoisotopic (exact) mass is 418 g/mol. The Bertz CT molecular complexity index is 582. The predicted octanol–water partition coefficient (Wildman–Crippen LogP) is 3.65. The molecule has 0 aliphatic carbocycles. The second-order valence-corrected chi connectivity index (χ2v) is 4.38. The summed E-state index contributed by atoms with van der Waals surface area (Å²) in [4.78, 5) is 11.5. The molecule has 0 fully saturated rings. The normalized spacial score (nSPS) is 11.2. The predicted molar refractivity (Wildman–Crippen MR) is 72.9 cm³/mol. The van der Waals surface area contributed by atoms with E-state index in [2.05, 4.69) is 37.0 Å². The number of hydrogen-bond donors (Lipinski definition) is 0. The molecule has 1 atom stereocenters. The molecule has 0 aromatic heterocycles. The van der Waals surface area contributed by atoms with Gasteiger partial charge in [0.1, 0.15) is 0 Å². The molecule has 2 aromatic carbocycles. The fourth-order valence-electron chi connectivity index (χ4n) is 2.00. The summed E-state index contributed by atoms with van der Waals surface area (Å²) in [6, 6.07) is 12.2. The maximum Gasteiger partial charge on any atom is 0.281 e. The minimum atomic E-state index is -0.316. The van der Waals surface area contributed by atoms with E-state index in [0.717, 1.165) is 22.8 Å². The van der Waals surface area contributed by atoms with Crippen molar-refractivity contribution in [2.24, 2.45) is 0 Å². The number of carbonyl (C=O) groups excluding carboxylic acids is 1. The standard InChI is InChI=1S/C16H16O2.2Y/c1-4-12-5-6-15-10-13(7-8-14(15)9-12)11(2)16(17)18-3;;/h5-11H,1,3-4H2,2H3;;/q-2;;. The van der Waals surface area contributed by atoms with Crippen molar-refractivity contribution in [1.82, 2.24) is 0 Å². The molecule has 0 saturated heterocycles. The van der Waals surface area contributed by atoms with E-state index >= 15 is 0 Å². The van der Waals surface area contributed by atoms with Crippen molar-refractivity contribution in [3.8, 4) is 0 Å². The van der Waals surface area contributed by atoms with Crippen molar-refractivity contribution in [2.45, 2.75) is 19.3 Å². The van der Waals surface area contributed by atoms with Crippen molar-refractivity contribution in [3.05, 3.63) is 61.6 Å². The largest absolute Gasteiger partial charge is 0.640 e. The van der Waals surface area contributed by atoms with E-state index in [1.807, 2.05) is 25.1 Å². The number of hydrogen-bond acceptors (Lipinski definition) is 2. The fraction of sp³-hybridized carbons (Fsp3) is 0.188. The number of rotatable bonds is 3. The third-order valence-electron chi connectivity index (χ3n) is 3.21. The van der Waals surface area contributed by atoms with Crippen molar-refractivity contribution < 1.29 is 74.9 Å². The summed E-state index contributed by atoms with van der Waals surface area (Å²) in [6.45, 7) is 5.69. The third-order valence-corrected chi connectivity index (χ3v) is 3.21. The molecule has 0 spiro atoms. The van der Waals surface area contributed by atoms with Gasteiger partial charge in [-0.25, -0.2) is 0 Å². The van der Waals surface area contributed by atoms with Crippen LogP contribution in [0.4, 0.5) is 0 Å². The molecular weight excluding hydrogens is 402 g/mol. The van der Waals surface area contributed by atoms with Gasteiger partial charge in [-0.3, -0.25) is 4.79 Å². The van der Waals surface area contributed by atoms with Gasteiger partial charge in [0.15, 0.2) is 0 Å². The molecule has 0 amide bonds. The SMILES string of the molecule is [CH2-]Cc1ccc2cc(C(C)C(=O)O[CH2-])ccc2c1.[Y].[Y]. The summed E-state index contributed by atoms with van der Waals surface area (Å²) in [5.74, 6) is -0.608. The molecule has 0 heterocycles. The summed E-state index contributed by atoms with van der Waals surface area (Å²) >= 11 is 0. The molecular formula is C16H16O2Y2-2. The quantitative estimate of drug-likeness (QED) is 0.562. The topological polar surface area (TPSA) is 26.3 Å². The number of ether oxygens (including phenoxy) is 1. The average molecular weight is 418 g/mol. The Hall–Kier alpha value is 0.378. The molecule has 0 saturated carbocycles. The van der Waals surface area contributed by atoms with Crippen LogP contribution in [-0.2, 0) is 81.4 Å². The molecule has 2 rings (SSSR count). The Kier molecular flexibility index (Phi) is 9.58. The third kappa shape index (κ3) is 4.70. The van der Waals surface area contributed by atoms with E-state index in [9.17, 15) is 4.79 Å². The molecule has 0 aliphatic rings. The van der Waals surface area contributed by atoms with E-state index in [0.29, 0.717) is 0 Å². The van der Waals surface area contributed by atoms with E-state index in [1.54, 1.807) is 0 Å². The van der Waals surface area contributed by atoms with Gasteiger partial charge >= 0.3 is 0 Å². The Morgan fingerprint density at radius 2 is 1.75 bits per heavy atom. The summed E-state index contributed by atoms with van der Waals surface area (Å²) in [7, 11) is 3.16. The van der Waals surface area contributed by atoms with Gasteiger partial charge in [-0.2, -0.15) is 13.5 Å². The maximum absolute atomic E-state index is 11.5. The van der Waals surface area contributed by atoms with E-state index < -0.39 is 0 Å². The molecule has 1 unspecified atom stereocenters. The Morgan fingerprint density at radius 3 is 2.35 bits per heavy atom. The summed E-state index contributed by atoms with van der Waals surface area (Å²) in [6.07, 6.45) is 0.780. The molecule has 2 radical (unpaired) electrons. The van der Waals surface area contributed by atoms with E-state index in [4.69, 9.17) is 0 Å². The molecule has 0 bridgehead atoms. The Balaban J connectivity index is 0.00000180. The molecule has 0 N–H and O–H groups in total. The molecule has 100 valence electrons. The van der Waals surface area contributed by atoms with Gasteiger partial charge in [-0.05, 0) is 23.3 Å². The number of carbonyl (C=O) groups is 1. The van der Waals surface area contributed by atoms with Crippen molar-refractivity contribution in [1.29, 1.82) is 0 Å². The average Bonchev–Trinajstić information content (AvgIpc) is 2.44. The minimum absolute atomic E-state index is 0. The molecule has 2 aromatic rings. The van der Waals surface area contributed by atoms with Crippen molar-refractivity contribution in [3.63, 3.8) is 0 Å². The first kappa shape index (κ1) is 20.4. The van der Waals surface area contributed by atoms with Crippen molar-refractivity contribution in [2.75, 3.05) is 0 Å². The summed E-state index contributed by atoms with van der Waals surface area (Å²) in [5, 5.41) is 2.28. The van der Waals surface area contributed by atoms with Crippen LogP contribution in [0.1, 0.15) is 24.0 Å². The summed E-state index contributed by atoms with van der Waals surface area (Å²) < 4.78 is 4.52. The second-order valence-electron chi connectivity index (χ2n) is 4.38. The van der Waals surface area contributed by atoms with Crippen LogP contribution in [0.3, 0.4) is 0 Å². The van der Waals surface area contributed by atoms with Crippen LogP contribution in [0.25, 0.3) is 10.8 Å². The van der Waals surface area contributed by atoms with E-state index in [-0.39, 0.29) is 77.3 Å². The van der Waals surface area contributed by atoms with Gasteiger partial charge in [0.25, 0.3) is 5.97 Å². The summed E-state index contributed by atoms with van der Waals surface area (Å²) in [5.41, 5.74) is 2.15. The van der Waals surface area contributed by atoms with Gasteiger partial charge in [-0.15, -0.1) is 0 Å². The first-order valence-corrected chi connectivity index (χ1v) is 5.93.